The van der Waals surface area contributed by atoms with E-state index in [0.717, 1.165) is 25.0 Å². The molecule has 1 aliphatic rings. The standard InChI is InChI=1S/C25H34O3Si/c1-4-5-8-17-23-24(20-25(2,28-23)27-19-18-26)29(3,21-13-9-6-10-14-21)22-15-11-7-12-16-22/h6-7,9-16,26H,4-5,8,17-20H2,1-3H3. The van der Waals surface area contributed by atoms with Crippen LogP contribution in [0.5, 0.6) is 0 Å². The Kier molecular flexibility index (Phi) is 7.33. The van der Waals surface area contributed by atoms with Gasteiger partial charge in [-0.05, 0) is 22.0 Å². The van der Waals surface area contributed by atoms with Gasteiger partial charge in [0.05, 0.1) is 19.0 Å². The van der Waals surface area contributed by atoms with E-state index in [4.69, 9.17) is 9.47 Å². The van der Waals surface area contributed by atoms with Gasteiger partial charge in [-0.1, -0.05) is 87.0 Å². The molecule has 0 fully saturated rings. The summed E-state index contributed by atoms with van der Waals surface area (Å²) >= 11 is 0. The number of hydrogen-bond acceptors (Lipinski definition) is 3. The molecule has 0 aliphatic carbocycles. The van der Waals surface area contributed by atoms with Crippen LogP contribution in [-0.2, 0) is 9.47 Å². The van der Waals surface area contributed by atoms with Crippen molar-refractivity contribution in [1.29, 1.82) is 0 Å². The Morgan fingerprint density at radius 1 is 1.00 bits per heavy atom. The number of allylic oxidation sites excluding steroid dienone is 1. The summed E-state index contributed by atoms with van der Waals surface area (Å²) in [6.45, 7) is 6.98. The number of unbranched alkanes of at least 4 members (excludes halogenated alkanes) is 2. The molecule has 0 saturated carbocycles. The molecule has 0 bridgehead atoms. The molecular formula is C25H34O3Si. The molecule has 0 spiro atoms. The lowest BCUT2D eigenvalue weighted by Gasteiger charge is -2.31. The average molecular weight is 411 g/mol. The Balaban J connectivity index is 2.08. The molecule has 1 atom stereocenters. The number of rotatable bonds is 10. The van der Waals surface area contributed by atoms with E-state index in [2.05, 4.69) is 74.1 Å². The van der Waals surface area contributed by atoms with Crippen molar-refractivity contribution in [2.75, 3.05) is 13.2 Å². The molecule has 0 saturated heterocycles. The predicted molar refractivity (Wildman–Crippen MR) is 122 cm³/mol. The largest absolute Gasteiger partial charge is 0.467 e. The van der Waals surface area contributed by atoms with Gasteiger partial charge in [0.1, 0.15) is 8.07 Å². The third-order valence-electron chi connectivity index (χ3n) is 5.99. The summed E-state index contributed by atoms with van der Waals surface area (Å²) < 4.78 is 12.5. The van der Waals surface area contributed by atoms with E-state index in [0.29, 0.717) is 6.61 Å². The first-order valence-corrected chi connectivity index (χ1v) is 13.3. The first kappa shape index (κ1) is 21.8. The van der Waals surface area contributed by atoms with Crippen LogP contribution in [-0.4, -0.2) is 32.2 Å². The van der Waals surface area contributed by atoms with Crippen LogP contribution in [0.25, 0.3) is 0 Å². The molecule has 1 aliphatic heterocycles. The first-order valence-electron chi connectivity index (χ1n) is 10.8. The zero-order valence-corrected chi connectivity index (χ0v) is 19.0. The van der Waals surface area contributed by atoms with Crippen LogP contribution in [0.2, 0.25) is 6.55 Å². The molecule has 1 unspecified atom stereocenters. The molecule has 0 amide bonds. The van der Waals surface area contributed by atoms with Gasteiger partial charge in [0.2, 0.25) is 5.79 Å². The lowest BCUT2D eigenvalue weighted by atomic mass is 10.1. The molecule has 0 radical (unpaired) electrons. The normalized spacial score (nSPS) is 19.4. The maximum atomic E-state index is 9.28. The minimum absolute atomic E-state index is 0.00547. The summed E-state index contributed by atoms with van der Waals surface area (Å²) in [6, 6.07) is 21.8. The minimum atomic E-state index is -2.21. The summed E-state index contributed by atoms with van der Waals surface area (Å²) in [4.78, 5) is 0. The fourth-order valence-electron chi connectivity index (χ4n) is 4.37. The zero-order valence-electron chi connectivity index (χ0n) is 18.0. The molecule has 0 aromatic heterocycles. The van der Waals surface area contributed by atoms with E-state index in [1.165, 1.54) is 28.4 Å². The number of aliphatic hydroxyl groups excluding tert-OH is 1. The van der Waals surface area contributed by atoms with Crippen LogP contribution >= 0.6 is 0 Å². The van der Waals surface area contributed by atoms with Crippen molar-refractivity contribution in [3.8, 4) is 0 Å². The molecule has 2 aromatic rings. The Hall–Kier alpha value is -1.88. The number of hydrogen-bond donors (Lipinski definition) is 1. The molecule has 156 valence electrons. The topological polar surface area (TPSA) is 38.7 Å². The van der Waals surface area contributed by atoms with Gasteiger partial charge in [-0.25, -0.2) is 0 Å². The lowest BCUT2D eigenvalue weighted by Crippen LogP contribution is -2.58. The predicted octanol–water partition coefficient (Wildman–Crippen LogP) is 4.40. The van der Waals surface area contributed by atoms with Crippen LogP contribution in [0.3, 0.4) is 0 Å². The van der Waals surface area contributed by atoms with Crippen molar-refractivity contribution < 1.29 is 14.6 Å². The second kappa shape index (κ2) is 9.75. The fraction of sp³-hybridized carbons (Fsp3) is 0.440. The third-order valence-corrected chi connectivity index (χ3v) is 10.6. The maximum Gasteiger partial charge on any atom is 0.210 e. The van der Waals surface area contributed by atoms with Crippen LogP contribution in [0, 0.1) is 0 Å². The highest BCUT2D eigenvalue weighted by Crippen LogP contribution is 2.41. The third kappa shape index (κ3) is 4.82. The minimum Gasteiger partial charge on any atom is -0.467 e. The van der Waals surface area contributed by atoms with Crippen molar-refractivity contribution in [1.82, 2.24) is 0 Å². The quantitative estimate of drug-likeness (QED) is 0.466. The van der Waals surface area contributed by atoms with Crippen LogP contribution in [0.4, 0.5) is 0 Å². The number of ether oxygens (including phenoxy) is 2. The van der Waals surface area contributed by atoms with Gasteiger partial charge < -0.3 is 14.6 Å². The van der Waals surface area contributed by atoms with Crippen LogP contribution in [0.1, 0.15) is 46.0 Å². The van der Waals surface area contributed by atoms with Crippen molar-refractivity contribution in [3.63, 3.8) is 0 Å². The molecule has 3 rings (SSSR count). The molecule has 1 N–H and O–H groups in total. The van der Waals surface area contributed by atoms with Crippen molar-refractivity contribution >= 4 is 18.4 Å². The Bertz CT molecular complexity index is 764. The monoisotopic (exact) mass is 410 g/mol. The van der Waals surface area contributed by atoms with E-state index in [-0.39, 0.29) is 6.61 Å². The highest BCUT2D eigenvalue weighted by atomic mass is 28.3. The van der Waals surface area contributed by atoms with Gasteiger partial charge in [0.15, 0.2) is 0 Å². The van der Waals surface area contributed by atoms with E-state index in [1.807, 2.05) is 6.92 Å². The summed E-state index contributed by atoms with van der Waals surface area (Å²) in [5, 5.41) is 13.5. The number of aliphatic hydroxyl groups is 1. The summed E-state index contributed by atoms with van der Waals surface area (Å²) in [6.07, 6.45) is 5.21. The van der Waals surface area contributed by atoms with Crippen LogP contribution in [0.15, 0.2) is 71.6 Å². The summed E-state index contributed by atoms with van der Waals surface area (Å²) in [5.41, 5.74) is 0. The highest BCUT2D eigenvalue weighted by Gasteiger charge is 2.47. The molecule has 4 heteroatoms. The van der Waals surface area contributed by atoms with Crippen molar-refractivity contribution in [2.45, 2.75) is 58.3 Å². The van der Waals surface area contributed by atoms with E-state index in [9.17, 15) is 5.11 Å². The highest BCUT2D eigenvalue weighted by molar-refractivity contribution is 7.06. The van der Waals surface area contributed by atoms with Gasteiger partial charge in [-0.15, -0.1) is 0 Å². The Morgan fingerprint density at radius 2 is 1.59 bits per heavy atom. The van der Waals surface area contributed by atoms with E-state index < -0.39 is 13.9 Å². The molecular weight excluding hydrogens is 376 g/mol. The van der Waals surface area contributed by atoms with E-state index >= 15 is 0 Å². The second-order valence-corrected chi connectivity index (χ2v) is 12.2. The smallest absolute Gasteiger partial charge is 0.210 e. The van der Waals surface area contributed by atoms with Gasteiger partial charge in [-0.2, -0.15) is 0 Å². The van der Waals surface area contributed by atoms with Gasteiger partial charge in [0, 0.05) is 19.8 Å². The average Bonchev–Trinajstić information content (AvgIpc) is 3.10. The number of benzene rings is 2. The van der Waals surface area contributed by atoms with Gasteiger partial charge >= 0.3 is 0 Å². The molecule has 2 aromatic carbocycles. The van der Waals surface area contributed by atoms with Crippen molar-refractivity contribution in [3.05, 3.63) is 71.6 Å². The van der Waals surface area contributed by atoms with Gasteiger partial charge in [-0.3, -0.25) is 0 Å². The summed E-state index contributed by atoms with van der Waals surface area (Å²) in [5.74, 6) is 0.415. The second-order valence-electron chi connectivity index (χ2n) is 8.20. The molecule has 29 heavy (non-hydrogen) atoms. The van der Waals surface area contributed by atoms with E-state index in [1.54, 1.807) is 0 Å². The molecule has 3 nitrogen and oxygen atoms in total. The Labute approximate surface area is 176 Å². The van der Waals surface area contributed by atoms with Crippen molar-refractivity contribution in [2.24, 2.45) is 0 Å². The zero-order chi connectivity index (χ0) is 20.7. The fourth-order valence-corrected chi connectivity index (χ4v) is 8.53. The van der Waals surface area contributed by atoms with Crippen LogP contribution < -0.4 is 10.4 Å². The Morgan fingerprint density at radius 3 is 2.10 bits per heavy atom. The SMILES string of the molecule is CCCCCC1=C([Si](C)(c2ccccc2)c2ccccc2)CC(C)(OCCO)O1. The van der Waals surface area contributed by atoms with Gasteiger partial charge in [0.25, 0.3) is 0 Å². The summed E-state index contributed by atoms with van der Waals surface area (Å²) in [7, 11) is -2.21. The first-order chi connectivity index (χ1) is 14.0. The molecule has 1 heterocycles. The maximum absolute atomic E-state index is 9.28. The lowest BCUT2D eigenvalue weighted by molar-refractivity contribution is -0.193.